The highest BCUT2D eigenvalue weighted by molar-refractivity contribution is 7.88. The number of ketones is 2. The van der Waals surface area contributed by atoms with Crippen LogP contribution in [0.25, 0.3) is 0 Å². The van der Waals surface area contributed by atoms with Crippen molar-refractivity contribution in [1.29, 1.82) is 0 Å². The summed E-state index contributed by atoms with van der Waals surface area (Å²) in [5, 5.41) is 0. The van der Waals surface area contributed by atoms with Crippen LogP contribution in [0.4, 0.5) is 4.79 Å². The first-order valence-corrected chi connectivity index (χ1v) is 9.94. The van der Waals surface area contributed by atoms with Gasteiger partial charge in [-0.05, 0) is 0 Å². The molecule has 0 aromatic heterocycles. The van der Waals surface area contributed by atoms with Crippen molar-refractivity contribution in [3.8, 4) is 0 Å². The summed E-state index contributed by atoms with van der Waals surface area (Å²) in [7, 11) is -2.18. The zero-order valence-electron chi connectivity index (χ0n) is 14.5. The van der Waals surface area contributed by atoms with Gasteiger partial charge in [-0.1, -0.05) is 0 Å². The molecule has 0 spiro atoms. The van der Waals surface area contributed by atoms with Gasteiger partial charge in [0.1, 0.15) is 6.61 Å². The first-order valence-electron chi connectivity index (χ1n) is 8.09. The molecule has 4 N–H and O–H groups in total. The summed E-state index contributed by atoms with van der Waals surface area (Å²) in [6.07, 6.45) is 1.05. The van der Waals surface area contributed by atoms with Crippen molar-refractivity contribution >= 4 is 27.7 Å². The molecule has 4 unspecified atom stereocenters. The minimum Gasteiger partial charge on any atom is -0.449 e. The molecule has 12 heteroatoms. The molecule has 0 bridgehead atoms. The Balaban J connectivity index is 1.84. The van der Waals surface area contributed by atoms with Crippen LogP contribution < -0.4 is 11.5 Å². The van der Waals surface area contributed by atoms with Crippen LogP contribution in [0.2, 0.25) is 0 Å². The maximum absolute atomic E-state index is 12.7. The van der Waals surface area contributed by atoms with E-state index in [2.05, 4.69) is 0 Å². The molecule has 0 radical (unpaired) electrons. The van der Waals surface area contributed by atoms with Gasteiger partial charge >= 0.3 is 6.09 Å². The number of fused-ring (bicyclic) bond motifs is 4. The Bertz CT molecular complexity index is 955. The van der Waals surface area contributed by atoms with Gasteiger partial charge in [-0.2, -0.15) is 4.31 Å². The number of nitrogens with two attached hydrogens (primary N) is 2. The summed E-state index contributed by atoms with van der Waals surface area (Å²) in [5.41, 5.74) is 9.31. The lowest BCUT2D eigenvalue weighted by atomic mass is 9.84. The summed E-state index contributed by atoms with van der Waals surface area (Å²) in [5.74, 6) is -1.97. The SMILES string of the molecule is CO[C@@]12C(COC(N)=O)C3=C(C(=O)C=C(N)C3=O)N1CC1C2N1S(C)(=O)=O. The van der Waals surface area contributed by atoms with E-state index in [1.807, 2.05) is 0 Å². The molecule has 27 heavy (non-hydrogen) atoms. The van der Waals surface area contributed by atoms with E-state index >= 15 is 0 Å². The number of piperazine rings is 1. The lowest BCUT2D eigenvalue weighted by molar-refractivity contribution is -0.141. The fourth-order valence-corrected chi connectivity index (χ4v) is 6.04. The first kappa shape index (κ1) is 17.9. The quantitative estimate of drug-likeness (QED) is 0.389. The number of ether oxygens (including phenoxy) is 2. The van der Waals surface area contributed by atoms with E-state index in [4.69, 9.17) is 20.9 Å². The number of rotatable bonds is 4. The minimum atomic E-state index is -3.53. The normalized spacial score (nSPS) is 37.0. The van der Waals surface area contributed by atoms with E-state index in [9.17, 15) is 22.8 Å². The molecule has 4 aliphatic rings. The fourth-order valence-electron chi connectivity index (χ4n) is 4.72. The highest BCUT2D eigenvalue weighted by atomic mass is 32.2. The van der Waals surface area contributed by atoms with Crippen LogP contribution in [0.3, 0.4) is 0 Å². The van der Waals surface area contributed by atoms with Gasteiger partial charge in [-0.25, -0.2) is 13.2 Å². The number of nitrogens with zero attached hydrogens (tertiary/aromatic N) is 2. The number of methoxy groups -OCH3 is 1. The third-order valence-electron chi connectivity index (χ3n) is 5.59. The molecule has 11 nitrogen and oxygen atoms in total. The second kappa shape index (κ2) is 5.30. The van der Waals surface area contributed by atoms with Gasteiger partial charge in [0.2, 0.25) is 21.6 Å². The van der Waals surface area contributed by atoms with Crippen LogP contribution in [-0.4, -0.2) is 79.6 Å². The number of carbonyl (C=O) groups excluding carboxylic acids is 3. The van der Waals surface area contributed by atoms with Crippen molar-refractivity contribution in [3.63, 3.8) is 0 Å². The molecule has 0 aromatic carbocycles. The zero-order chi connectivity index (χ0) is 19.9. The minimum absolute atomic E-state index is 0.0573. The van der Waals surface area contributed by atoms with E-state index in [0.29, 0.717) is 0 Å². The van der Waals surface area contributed by atoms with Crippen LogP contribution in [0.15, 0.2) is 23.0 Å². The Morgan fingerprint density at radius 3 is 2.63 bits per heavy atom. The van der Waals surface area contributed by atoms with E-state index in [1.165, 1.54) is 11.4 Å². The topological polar surface area (TPSA) is 162 Å². The van der Waals surface area contributed by atoms with E-state index in [0.717, 1.165) is 12.3 Å². The van der Waals surface area contributed by atoms with Gasteiger partial charge in [-0.15, -0.1) is 0 Å². The van der Waals surface area contributed by atoms with Gasteiger partial charge in [0.05, 0.1) is 35.7 Å². The van der Waals surface area contributed by atoms with Crippen LogP contribution in [-0.2, 0) is 29.1 Å². The molecule has 4 rings (SSSR count). The standard InChI is InChI=1S/C15H18N4O7S/c1-25-15-6(5-26-14(17)22)10-11(9(20)3-7(16)12(10)21)18(15)4-8-13(15)19(8)27(2,23)24/h3,6,8,13H,4-5,16H2,1-2H3,(H2,17,22)/t6?,8?,13?,15-,19?/m1/s1. The highest BCUT2D eigenvalue weighted by Crippen LogP contribution is 2.60. The van der Waals surface area contributed by atoms with Crippen molar-refractivity contribution in [2.75, 3.05) is 26.5 Å². The molecule has 3 heterocycles. The van der Waals surface area contributed by atoms with Crippen LogP contribution >= 0.6 is 0 Å². The Morgan fingerprint density at radius 2 is 2.07 bits per heavy atom. The fraction of sp³-hybridized carbons (Fsp3) is 0.533. The van der Waals surface area contributed by atoms with E-state index in [1.54, 1.807) is 4.90 Å². The largest absolute Gasteiger partial charge is 0.449 e. The Labute approximate surface area is 154 Å². The maximum Gasteiger partial charge on any atom is 0.404 e. The van der Waals surface area contributed by atoms with Gasteiger partial charge in [0, 0.05) is 25.3 Å². The lowest BCUT2D eigenvalue weighted by Gasteiger charge is -2.40. The van der Waals surface area contributed by atoms with Crippen molar-refractivity contribution in [2.45, 2.75) is 17.8 Å². The summed E-state index contributed by atoms with van der Waals surface area (Å²) in [6.45, 7) is -0.185. The third-order valence-corrected chi connectivity index (χ3v) is 6.86. The average Bonchev–Trinajstić information content (AvgIpc) is 3.09. The summed E-state index contributed by atoms with van der Waals surface area (Å²) >= 11 is 0. The van der Waals surface area contributed by atoms with Crippen molar-refractivity contribution in [3.05, 3.63) is 23.0 Å². The van der Waals surface area contributed by atoms with E-state index in [-0.39, 0.29) is 30.1 Å². The number of hydrogen-bond donors (Lipinski definition) is 2. The Hall–Kier alpha value is -2.44. The molecule has 1 amide bonds. The summed E-state index contributed by atoms with van der Waals surface area (Å²) in [6, 6.07) is -1.04. The molecule has 1 aliphatic carbocycles. The number of amides is 1. The summed E-state index contributed by atoms with van der Waals surface area (Å²) in [4.78, 5) is 38.1. The third kappa shape index (κ3) is 2.14. The van der Waals surface area contributed by atoms with Gasteiger partial charge in [0.15, 0.2) is 5.72 Å². The van der Waals surface area contributed by atoms with Crippen LogP contribution in [0.1, 0.15) is 0 Å². The van der Waals surface area contributed by atoms with Gasteiger partial charge in [-0.3, -0.25) is 9.59 Å². The number of hydrogen-bond acceptors (Lipinski definition) is 9. The second-order valence-corrected chi connectivity index (χ2v) is 8.80. The molecule has 0 aromatic rings. The molecule has 2 saturated heterocycles. The molecule has 3 aliphatic heterocycles. The number of sulfonamides is 1. The maximum atomic E-state index is 12.7. The number of allylic oxidation sites excluding steroid dienone is 2. The molecule has 5 atom stereocenters. The Morgan fingerprint density at radius 1 is 1.41 bits per heavy atom. The molecule has 146 valence electrons. The van der Waals surface area contributed by atoms with E-state index < -0.39 is 51.4 Å². The Kier molecular flexibility index (Phi) is 3.52. The average molecular weight is 398 g/mol. The molecular weight excluding hydrogens is 380 g/mol. The monoisotopic (exact) mass is 398 g/mol. The lowest BCUT2D eigenvalue weighted by Crippen LogP contribution is -2.56. The zero-order valence-corrected chi connectivity index (χ0v) is 15.4. The predicted octanol–water partition coefficient (Wildman–Crippen LogP) is -2.37. The first-order chi connectivity index (χ1) is 12.6. The summed E-state index contributed by atoms with van der Waals surface area (Å²) < 4.78 is 36.1. The van der Waals surface area contributed by atoms with Gasteiger partial charge in [0.25, 0.3) is 0 Å². The van der Waals surface area contributed by atoms with Crippen LogP contribution in [0.5, 0.6) is 0 Å². The van der Waals surface area contributed by atoms with Gasteiger partial charge < -0.3 is 25.8 Å². The molecule has 0 saturated carbocycles. The van der Waals surface area contributed by atoms with Crippen molar-refractivity contribution in [1.82, 2.24) is 9.21 Å². The number of carbonyl (C=O) groups is 3. The second-order valence-electron chi connectivity index (χ2n) is 6.91. The molecule has 2 fully saturated rings. The number of Topliss-reactive ketones (excluding diaryl/α,β-unsaturated/α-hetero) is 1. The number of primary amides is 1. The van der Waals surface area contributed by atoms with Crippen molar-refractivity contribution in [2.24, 2.45) is 17.4 Å². The smallest absolute Gasteiger partial charge is 0.404 e. The van der Waals surface area contributed by atoms with Crippen molar-refractivity contribution < 1.29 is 32.3 Å². The van der Waals surface area contributed by atoms with Crippen LogP contribution in [0, 0.1) is 5.92 Å². The molecular formula is C15H18N4O7S. The predicted molar refractivity (Wildman–Crippen MR) is 89.0 cm³/mol. The highest BCUT2D eigenvalue weighted by Gasteiger charge is 2.78.